The van der Waals surface area contributed by atoms with E-state index in [1.54, 1.807) is 11.5 Å². The van der Waals surface area contributed by atoms with Gasteiger partial charge in [0.05, 0.1) is 6.04 Å². The van der Waals surface area contributed by atoms with Gasteiger partial charge < -0.3 is 10.3 Å². The molecular formula is C15H23N5O2. The average Bonchev–Trinajstić information content (AvgIpc) is 3.23. The molecule has 22 heavy (non-hydrogen) atoms. The zero-order chi connectivity index (χ0) is 16.2. The average molecular weight is 305 g/mol. The summed E-state index contributed by atoms with van der Waals surface area (Å²) in [6.07, 6.45) is 2.19. The second-order valence-electron chi connectivity index (χ2n) is 6.48. The van der Waals surface area contributed by atoms with Crippen molar-refractivity contribution in [2.75, 3.05) is 6.54 Å². The Kier molecular flexibility index (Phi) is 3.47. The first-order valence-electron chi connectivity index (χ1n) is 7.81. The Hall–Kier alpha value is -1.89. The van der Waals surface area contributed by atoms with Crippen LogP contribution in [0.2, 0.25) is 0 Å². The summed E-state index contributed by atoms with van der Waals surface area (Å²) in [6.45, 7) is 5.88. The number of nitrogens with zero attached hydrogens (tertiary/aromatic N) is 4. The highest BCUT2D eigenvalue weighted by Gasteiger charge is 2.31. The number of imidazole rings is 1. The van der Waals surface area contributed by atoms with E-state index in [4.69, 9.17) is 5.73 Å². The van der Waals surface area contributed by atoms with Crippen molar-refractivity contribution in [1.29, 1.82) is 0 Å². The molecule has 2 aromatic rings. The molecule has 7 nitrogen and oxygen atoms in total. The SMILES string of the molecule is CC(CN)n1c(=O)c2c(nc(C3CC3)n2C)n(C(C)C)c1=O. The Bertz CT molecular complexity index is 838. The summed E-state index contributed by atoms with van der Waals surface area (Å²) in [6, 6.07) is -0.414. The van der Waals surface area contributed by atoms with Gasteiger partial charge in [0.25, 0.3) is 5.56 Å². The maximum Gasteiger partial charge on any atom is 0.333 e. The first-order valence-corrected chi connectivity index (χ1v) is 7.81. The summed E-state index contributed by atoms with van der Waals surface area (Å²) < 4.78 is 4.73. The van der Waals surface area contributed by atoms with Gasteiger partial charge in [-0.05, 0) is 33.6 Å². The third-order valence-corrected chi connectivity index (χ3v) is 4.41. The fraction of sp³-hybridized carbons (Fsp3) is 0.667. The molecule has 0 saturated heterocycles. The summed E-state index contributed by atoms with van der Waals surface area (Å²) in [5, 5.41) is 0. The second kappa shape index (κ2) is 5.08. The third kappa shape index (κ3) is 2.03. The number of aromatic nitrogens is 4. The second-order valence-corrected chi connectivity index (χ2v) is 6.48. The lowest BCUT2D eigenvalue weighted by atomic mass is 10.3. The van der Waals surface area contributed by atoms with Crippen LogP contribution in [0.15, 0.2) is 9.59 Å². The van der Waals surface area contributed by atoms with Crippen molar-refractivity contribution in [2.45, 2.75) is 51.6 Å². The van der Waals surface area contributed by atoms with Gasteiger partial charge in [0.2, 0.25) is 0 Å². The van der Waals surface area contributed by atoms with Gasteiger partial charge in [-0.1, -0.05) is 0 Å². The maximum absolute atomic E-state index is 12.8. The summed E-state index contributed by atoms with van der Waals surface area (Å²) in [7, 11) is 1.86. The lowest BCUT2D eigenvalue weighted by Crippen LogP contribution is -2.44. The lowest BCUT2D eigenvalue weighted by Gasteiger charge is -2.17. The number of nitrogens with two attached hydrogens (primary N) is 1. The van der Waals surface area contributed by atoms with Crippen molar-refractivity contribution >= 4 is 11.2 Å². The van der Waals surface area contributed by atoms with E-state index < -0.39 is 0 Å². The van der Waals surface area contributed by atoms with Gasteiger partial charge in [-0.3, -0.25) is 13.9 Å². The molecular weight excluding hydrogens is 282 g/mol. The molecule has 1 fully saturated rings. The van der Waals surface area contributed by atoms with Gasteiger partial charge in [-0.25, -0.2) is 9.78 Å². The van der Waals surface area contributed by atoms with Gasteiger partial charge in [0, 0.05) is 25.6 Å². The molecule has 1 saturated carbocycles. The molecule has 2 heterocycles. The molecule has 1 unspecified atom stereocenters. The number of fused-ring (bicyclic) bond motifs is 1. The first kappa shape index (κ1) is 15.0. The topological polar surface area (TPSA) is 87.8 Å². The van der Waals surface area contributed by atoms with Crippen LogP contribution in [-0.4, -0.2) is 25.2 Å². The Labute approximate surface area is 128 Å². The predicted octanol–water partition coefficient (Wildman–Crippen LogP) is 0.875. The molecule has 1 atom stereocenters. The Balaban J connectivity index is 2.46. The van der Waals surface area contributed by atoms with Crippen LogP contribution in [0.4, 0.5) is 0 Å². The van der Waals surface area contributed by atoms with Crippen molar-refractivity contribution in [2.24, 2.45) is 12.8 Å². The third-order valence-electron chi connectivity index (χ3n) is 4.41. The number of hydrogen-bond donors (Lipinski definition) is 1. The summed E-state index contributed by atoms with van der Waals surface area (Å²) in [5.41, 5.74) is 6.05. The largest absolute Gasteiger partial charge is 0.333 e. The summed E-state index contributed by atoms with van der Waals surface area (Å²) in [5.74, 6) is 1.31. The molecule has 0 aromatic carbocycles. The minimum atomic E-state index is -0.339. The van der Waals surface area contributed by atoms with Crippen molar-refractivity contribution in [3.05, 3.63) is 26.7 Å². The van der Waals surface area contributed by atoms with E-state index in [1.165, 1.54) is 4.57 Å². The molecule has 1 aliphatic carbocycles. The van der Waals surface area contributed by atoms with Gasteiger partial charge in [-0.15, -0.1) is 0 Å². The molecule has 7 heteroatoms. The quantitative estimate of drug-likeness (QED) is 0.908. The lowest BCUT2D eigenvalue weighted by molar-refractivity contribution is 0.468. The van der Waals surface area contributed by atoms with Crippen molar-refractivity contribution in [3.63, 3.8) is 0 Å². The highest BCUT2D eigenvalue weighted by Crippen LogP contribution is 2.39. The zero-order valence-electron chi connectivity index (χ0n) is 13.5. The molecule has 2 N–H and O–H groups in total. The smallest absolute Gasteiger partial charge is 0.328 e. The van der Waals surface area contributed by atoms with Crippen LogP contribution in [0.5, 0.6) is 0 Å². The standard InChI is InChI=1S/C15H23N5O2/c1-8(2)19-13-11(18(4)12(17-13)10-5-6-10)14(21)20(15(19)22)9(3)7-16/h8-10H,5-7,16H2,1-4H3. The molecule has 0 bridgehead atoms. The molecule has 3 rings (SSSR count). The van der Waals surface area contributed by atoms with Crippen LogP contribution >= 0.6 is 0 Å². The fourth-order valence-electron chi connectivity index (χ4n) is 2.98. The van der Waals surface area contributed by atoms with Gasteiger partial charge >= 0.3 is 5.69 Å². The monoisotopic (exact) mass is 305 g/mol. The highest BCUT2D eigenvalue weighted by molar-refractivity contribution is 5.71. The minimum Gasteiger partial charge on any atom is -0.328 e. The minimum absolute atomic E-state index is 0.0752. The molecule has 0 spiro atoms. The Morgan fingerprint density at radius 2 is 1.86 bits per heavy atom. The molecule has 0 aliphatic heterocycles. The molecule has 1 aliphatic rings. The van der Waals surface area contributed by atoms with E-state index in [-0.39, 0.29) is 29.9 Å². The van der Waals surface area contributed by atoms with E-state index in [0.717, 1.165) is 18.7 Å². The molecule has 2 aromatic heterocycles. The van der Waals surface area contributed by atoms with Crippen molar-refractivity contribution in [3.8, 4) is 0 Å². The number of hydrogen-bond acceptors (Lipinski definition) is 4. The molecule has 0 radical (unpaired) electrons. The van der Waals surface area contributed by atoms with E-state index in [1.807, 2.05) is 25.5 Å². The summed E-state index contributed by atoms with van der Waals surface area (Å²) >= 11 is 0. The Morgan fingerprint density at radius 1 is 1.23 bits per heavy atom. The van der Waals surface area contributed by atoms with E-state index >= 15 is 0 Å². The van der Waals surface area contributed by atoms with Crippen molar-refractivity contribution in [1.82, 2.24) is 18.7 Å². The number of aryl methyl sites for hydroxylation is 1. The normalized spacial score (nSPS) is 16.6. The number of rotatable bonds is 4. The fourth-order valence-corrected chi connectivity index (χ4v) is 2.98. The zero-order valence-corrected chi connectivity index (χ0v) is 13.5. The predicted molar refractivity (Wildman–Crippen MR) is 85.4 cm³/mol. The van der Waals surface area contributed by atoms with E-state index in [0.29, 0.717) is 17.1 Å². The van der Waals surface area contributed by atoms with E-state index in [9.17, 15) is 9.59 Å². The maximum atomic E-state index is 12.8. The van der Waals surface area contributed by atoms with Crippen molar-refractivity contribution < 1.29 is 0 Å². The Morgan fingerprint density at radius 3 is 2.36 bits per heavy atom. The van der Waals surface area contributed by atoms with Gasteiger partial charge in [0.1, 0.15) is 5.82 Å². The van der Waals surface area contributed by atoms with Crippen LogP contribution in [-0.2, 0) is 7.05 Å². The van der Waals surface area contributed by atoms with Gasteiger partial charge in [0.15, 0.2) is 11.2 Å². The van der Waals surface area contributed by atoms with Crippen LogP contribution in [0.1, 0.15) is 57.4 Å². The van der Waals surface area contributed by atoms with Crippen LogP contribution in [0.25, 0.3) is 11.2 Å². The van der Waals surface area contributed by atoms with Gasteiger partial charge in [-0.2, -0.15) is 0 Å². The first-order chi connectivity index (χ1) is 10.4. The molecule has 0 amide bonds. The molecule has 120 valence electrons. The highest BCUT2D eigenvalue weighted by atomic mass is 16.2. The van der Waals surface area contributed by atoms with Crippen LogP contribution < -0.4 is 17.0 Å². The summed E-state index contributed by atoms with van der Waals surface area (Å²) in [4.78, 5) is 30.2. The van der Waals surface area contributed by atoms with E-state index in [2.05, 4.69) is 4.98 Å². The van der Waals surface area contributed by atoms with Crippen LogP contribution in [0.3, 0.4) is 0 Å². The van der Waals surface area contributed by atoms with Crippen LogP contribution in [0, 0.1) is 0 Å².